The highest BCUT2D eigenvalue weighted by molar-refractivity contribution is 5.68. The molecule has 0 radical (unpaired) electrons. The first-order valence-electron chi connectivity index (χ1n) is 8.85. The van der Waals surface area contributed by atoms with Gasteiger partial charge in [-0.3, -0.25) is 0 Å². The van der Waals surface area contributed by atoms with Crippen molar-refractivity contribution in [3.8, 4) is 34.2 Å². The van der Waals surface area contributed by atoms with Crippen LogP contribution in [0.15, 0.2) is 84.9 Å². The van der Waals surface area contributed by atoms with Crippen molar-refractivity contribution in [2.75, 3.05) is 19.0 Å². The second-order valence-corrected chi connectivity index (χ2v) is 6.48. The van der Waals surface area contributed by atoms with Gasteiger partial charge in [0.2, 0.25) is 0 Å². The van der Waals surface area contributed by atoms with Crippen molar-refractivity contribution in [1.82, 2.24) is 15.0 Å². The summed E-state index contributed by atoms with van der Waals surface area (Å²) >= 11 is 0. The van der Waals surface area contributed by atoms with Crippen LogP contribution < -0.4 is 4.90 Å². The number of hydrogen-bond acceptors (Lipinski definition) is 4. The van der Waals surface area contributed by atoms with E-state index in [0.717, 1.165) is 22.4 Å². The molecule has 0 unspecified atom stereocenters. The van der Waals surface area contributed by atoms with Gasteiger partial charge in [0.15, 0.2) is 17.5 Å². The van der Waals surface area contributed by atoms with Crippen LogP contribution in [0, 0.1) is 0 Å². The van der Waals surface area contributed by atoms with E-state index < -0.39 is 0 Å². The Hall–Kier alpha value is -3.53. The molecule has 0 atom stereocenters. The lowest BCUT2D eigenvalue weighted by atomic mass is 10.1. The van der Waals surface area contributed by atoms with Crippen LogP contribution in [-0.2, 0) is 0 Å². The molecule has 0 aliphatic carbocycles. The van der Waals surface area contributed by atoms with E-state index in [9.17, 15) is 0 Å². The predicted molar refractivity (Wildman–Crippen MR) is 110 cm³/mol. The third-order valence-electron chi connectivity index (χ3n) is 4.32. The molecule has 0 saturated heterocycles. The SMILES string of the molecule is CN(C)c1cccc(-c2nc(-c3ccccc3)nc(-c3ccccc3)n2)c1. The first kappa shape index (κ1) is 16.9. The zero-order valence-corrected chi connectivity index (χ0v) is 15.4. The molecule has 0 saturated carbocycles. The summed E-state index contributed by atoms with van der Waals surface area (Å²) in [6.07, 6.45) is 0. The highest BCUT2D eigenvalue weighted by Gasteiger charge is 2.12. The van der Waals surface area contributed by atoms with E-state index in [1.54, 1.807) is 0 Å². The molecule has 4 nitrogen and oxygen atoms in total. The first-order chi connectivity index (χ1) is 13.2. The summed E-state index contributed by atoms with van der Waals surface area (Å²) in [5, 5.41) is 0. The molecule has 0 fully saturated rings. The fourth-order valence-corrected chi connectivity index (χ4v) is 2.86. The normalized spacial score (nSPS) is 10.6. The quantitative estimate of drug-likeness (QED) is 0.522. The smallest absolute Gasteiger partial charge is 0.164 e. The average molecular weight is 352 g/mol. The van der Waals surface area contributed by atoms with Crippen LogP contribution >= 0.6 is 0 Å². The first-order valence-corrected chi connectivity index (χ1v) is 8.85. The van der Waals surface area contributed by atoms with Gasteiger partial charge in [0.1, 0.15) is 0 Å². The van der Waals surface area contributed by atoms with Crippen molar-refractivity contribution in [3.05, 3.63) is 84.9 Å². The van der Waals surface area contributed by atoms with Gasteiger partial charge in [-0.15, -0.1) is 0 Å². The van der Waals surface area contributed by atoms with Gasteiger partial charge in [0, 0.05) is 36.5 Å². The maximum absolute atomic E-state index is 4.76. The van der Waals surface area contributed by atoms with Crippen LogP contribution in [0.5, 0.6) is 0 Å². The fraction of sp³-hybridized carbons (Fsp3) is 0.0870. The monoisotopic (exact) mass is 352 g/mol. The lowest BCUT2D eigenvalue weighted by Crippen LogP contribution is -2.08. The number of benzene rings is 3. The molecule has 132 valence electrons. The third-order valence-corrected chi connectivity index (χ3v) is 4.32. The lowest BCUT2D eigenvalue weighted by Gasteiger charge is -2.14. The summed E-state index contributed by atoms with van der Waals surface area (Å²) in [4.78, 5) is 16.3. The number of rotatable bonds is 4. The van der Waals surface area contributed by atoms with Crippen molar-refractivity contribution in [1.29, 1.82) is 0 Å². The summed E-state index contributed by atoms with van der Waals surface area (Å²) < 4.78 is 0. The van der Waals surface area contributed by atoms with E-state index in [-0.39, 0.29) is 0 Å². The Morgan fingerprint density at radius 3 is 1.44 bits per heavy atom. The summed E-state index contributed by atoms with van der Waals surface area (Å²) in [5.74, 6) is 2.02. The second kappa shape index (κ2) is 7.38. The minimum absolute atomic E-state index is 0.673. The number of nitrogens with zero attached hydrogens (tertiary/aromatic N) is 4. The predicted octanol–water partition coefficient (Wildman–Crippen LogP) is 4.94. The topological polar surface area (TPSA) is 41.9 Å². The zero-order chi connectivity index (χ0) is 18.6. The minimum Gasteiger partial charge on any atom is -0.378 e. The molecule has 27 heavy (non-hydrogen) atoms. The minimum atomic E-state index is 0.673. The standard InChI is InChI=1S/C23H20N4/c1-27(2)20-15-9-14-19(16-20)23-25-21(17-10-5-3-6-11-17)24-22(26-23)18-12-7-4-8-13-18/h3-16H,1-2H3. The van der Waals surface area contributed by atoms with Crippen LogP contribution in [0.4, 0.5) is 5.69 Å². The van der Waals surface area contributed by atoms with Crippen LogP contribution in [0.3, 0.4) is 0 Å². The highest BCUT2D eigenvalue weighted by Crippen LogP contribution is 2.26. The Morgan fingerprint density at radius 2 is 0.963 bits per heavy atom. The van der Waals surface area contributed by atoms with E-state index in [4.69, 9.17) is 15.0 Å². The van der Waals surface area contributed by atoms with E-state index in [2.05, 4.69) is 17.0 Å². The van der Waals surface area contributed by atoms with Crippen LogP contribution in [0.25, 0.3) is 34.2 Å². The Bertz CT molecular complexity index is 986. The van der Waals surface area contributed by atoms with E-state index in [1.807, 2.05) is 86.9 Å². The van der Waals surface area contributed by atoms with E-state index in [0.29, 0.717) is 17.5 Å². The largest absolute Gasteiger partial charge is 0.378 e. The third kappa shape index (κ3) is 3.70. The van der Waals surface area contributed by atoms with Crippen LogP contribution in [0.2, 0.25) is 0 Å². The van der Waals surface area contributed by atoms with Gasteiger partial charge in [0.25, 0.3) is 0 Å². The van der Waals surface area contributed by atoms with Crippen molar-refractivity contribution in [2.45, 2.75) is 0 Å². The Labute approximate surface area is 159 Å². The molecule has 0 N–H and O–H groups in total. The highest BCUT2D eigenvalue weighted by atomic mass is 15.1. The Kier molecular flexibility index (Phi) is 4.62. The molecular formula is C23H20N4. The van der Waals surface area contributed by atoms with Gasteiger partial charge in [-0.2, -0.15) is 0 Å². The van der Waals surface area contributed by atoms with Crippen molar-refractivity contribution < 1.29 is 0 Å². The molecule has 4 rings (SSSR count). The lowest BCUT2D eigenvalue weighted by molar-refractivity contribution is 1.07. The summed E-state index contributed by atoms with van der Waals surface area (Å²) in [6.45, 7) is 0. The van der Waals surface area contributed by atoms with E-state index >= 15 is 0 Å². The Morgan fingerprint density at radius 1 is 0.519 bits per heavy atom. The number of hydrogen-bond donors (Lipinski definition) is 0. The van der Waals surface area contributed by atoms with Gasteiger partial charge in [-0.1, -0.05) is 72.8 Å². The second-order valence-electron chi connectivity index (χ2n) is 6.48. The molecule has 0 bridgehead atoms. The maximum atomic E-state index is 4.76. The molecule has 4 aromatic rings. The maximum Gasteiger partial charge on any atom is 0.164 e. The molecule has 0 aliphatic heterocycles. The Balaban J connectivity index is 1.90. The average Bonchev–Trinajstić information content (AvgIpc) is 2.75. The van der Waals surface area contributed by atoms with E-state index in [1.165, 1.54) is 0 Å². The van der Waals surface area contributed by atoms with Crippen LogP contribution in [-0.4, -0.2) is 29.0 Å². The molecular weight excluding hydrogens is 332 g/mol. The van der Waals surface area contributed by atoms with Crippen LogP contribution in [0.1, 0.15) is 0 Å². The fourth-order valence-electron chi connectivity index (χ4n) is 2.86. The van der Waals surface area contributed by atoms with Crippen molar-refractivity contribution in [2.24, 2.45) is 0 Å². The van der Waals surface area contributed by atoms with Crippen molar-refractivity contribution >= 4 is 5.69 Å². The van der Waals surface area contributed by atoms with Gasteiger partial charge in [-0.25, -0.2) is 15.0 Å². The molecule has 1 heterocycles. The van der Waals surface area contributed by atoms with Gasteiger partial charge in [0.05, 0.1) is 0 Å². The van der Waals surface area contributed by atoms with Crippen molar-refractivity contribution in [3.63, 3.8) is 0 Å². The number of anilines is 1. The summed E-state index contributed by atoms with van der Waals surface area (Å²) in [7, 11) is 4.05. The molecule has 4 heteroatoms. The molecule has 1 aromatic heterocycles. The molecule has 0 amide bonds. The molecule has 0 aliphatic rings. The molecule has 0 spiro atoms. The van der Waals surface area contributed by atoms with Gasteiger partial charge >= 0.3 is 0 Å². The van der Waals surface area contributed by atoms with Gasteiger partial charge < -0.3 is 4.90 Å². The molecule has 3 aromatic carbocycles. The van der Waals surface area contributed by atoms with Gasteiger partial charge in [-0.05, 0) is 12.1 Å². The summed E-state index contributed by atoms with van der Waals surface area (Å²) in [5.41, 5.74) is 4.03. The summed E-state index contributed by atoms with van der Waals surface area (Å²) in [6, 6.07) is 28.3. The number of aromatic nitrogens is 3. The zero-order valence-electron chi connectivity index (χ0n) is 15.4.